The zero-order valence-corrected chi connectivity index (χ0v) is 17.3. The molecule has 0 aromatic heterocycles. The molecule has 0 atom stereocenters. The van der Waals surface area contributed by atoms with Gasteiger partial charge in [0.25, 0.3) is 0 Å². The Balaban J connectivity index is 3.71. The lowest BCUT2D eigenvalue weighted by Crippen LogP contribution is -2.21. The van der Waals surface area contributed by atoms with Crippen LogP contribution >= 0.6 is 15.9 Å². The molecule has 0 heterocycles. The van der Waals surface area contributed by atoms with Crippen LogP contribution < -0.4 is 0 Å². The number of hydrogen-bond donors (Lipinski definition) is 0. The van der Waals surface area contributed by atoms with Gasteiger partial charge in [-0.25, -0.2) is 0 Å². The number of carbonyl (C=O) groups is 1. The molecular formula is C19H37BrO4. The highest BCUT2D eigenvalue weighted by Crippen LogP contribution is 2.09. The van der Waals surface area contributed by atoms with Gasteiger partial charge in [-0.15, -0.1) is 0 Å². The van der Waals surface area contributed by atoms with Crippen molar-refractivity contribution in [2.24, 2.45) is 0 Å². The van der Waals surface area contributed by atoms with Gasteiger partial charge in [-0.05, 0) is 25.7 Å². The standard InChI is InChI=1S/C19H37BrO4/c1-3-5-15-23-19(24-16-6-4-2)13-17-22-18(21)12-10-8-7-9-11-14-20/h19H,3-17H2,1-2H3. The number of alkyl halides is 1. The van der Waals surface area contributed by atoms with Crippen LogP contribution in [0.2, 0.25) is 0 Å². The monoisotopic (exact) mass is 408 g/mol. The lowest BCUT2D eigenvalue weighted by atomic mass is 10.1. The molecule has 0 unspecified atom stereocenters. The Hall–Kier alpha value is -0.130. The average molecular weight is 409 g/mol. The molecular weight excluding hydrogens is 372 g/mol. The zero-order chi connectivity index (χ0) is 17.9. The van der Waals surface area contributed by atoms with Crippen LogP contribution in [0, 0.1) is 0 Å². The Bertz CT molecular complexity index is 264. The summed E-state index contributed by atoms with van der Waals surface area (Å²) in [6, 6.07) is 0. The lowest BCUT2D eigenvalue weighted by molar-refractivity contribution is -0.161. The second-order valence-electron chi connectivity index (χ2n) is 6.09. The molecule has 24 heavy (non-hydrogen) atoms. The molecule has 0 rings (SSSR count). The first kappa shape index (κ1) is 23.9. The highest BCUT2D eigenvalue weighted by Gasteiger charge is 2.11. The third-order valence-corrected chi connectivity index (χ3v) is 4.30. The molecule has 0 fully saturated rings. The predicted octanol–water partition coefficient (Wildman–Crippen LogP) is 5.61. The first-order valence-electron chi connectivity index (χ1n) is 9.69. The fraction of sp³-hybridized carbons (Fsp3) is 0.947. The normalized spacial score (nSPS) is 11.2. The van der Waals surface area contributed by atoms with Crippen LogP contribution in [0.1, 0.15) is 84.5 Å². The van der Waals surface area contributed by atoms with Crippen molar-refractivity contribution in [1.82, 2.24) is 0 Å². The molecule has 0 bridgehead atoms. The fourth-order valence-electron chi connectivity index (χ4n) is 2.17. The van der Waals surface area contributed by atoms with Gasteiger partial charge in [0.05, 0.1) is 6.61 Å². The van der Waals surface area contributed by atoms with E-state index < -0.39 is 0 Å². The molecule has 0 aliphatic heterocycles. The summed E-state index contributed by atoms with van der Waals surface area (Å²) in [5, 5.41) is 1.07. The average Bonchev–Trinajstić information content (AvgIpc) is 2.58. The van der Waals surface area contributed by atoms with Crippen LogP contribution in [-0.4, -0.2) is 37.4 Å². The molecule has 0 saturated heterocycles. The molecule has 0 saturated carbocycles. The van der Waals surface area contributed by atoms with Crippen molar-refractivity contribution in [3.63, 3.8) is 0 Å². The summed E-state index contributed by atoms with van der Waals surface area (Å²) in [5.41, 5.74) is 0. The Labute approximate surface area is 157 Å². The van der Waals surface area contributed by atoms with E-state index in [0.717, 1.165) is 43.9 Å². The van der Waals surface area contributed by atoms with Gasteiger partial charge < -0.3 is 14.2 Å². The van der Waals surface area contributed by atoms with E-state index in [-0.39, 0.29) is 12.3 Å². The first-order chi connectivity index (χ1) is 11.7. The van der Waals surface area contributed by atoms with E-state index in [1.54, 1.807) is 0 Å². The summed E-state index contributed by atoms with van der Waals surface area (Å²) in [6.07, 6.45) is 10.8. The second kappa shape index (κ2) is 19.2. The number of ether oxygens (including phenoxy) is 3. The number of carbonyl (C=O) groups excluding carboxylic acids is 1. The molecule has 0 amide bonds. The predicted molar refractivity (Wildman–Crippen MR) is 103 cm³/mol. The van der Waals surface area contributed by atoms with Crippen molar-refractivity contribution in [1.29, 1.82) is 0 Å². The van der Waals surface area contributed by atoms with E-state index in [0.29, 0.717) is 32.7 Å². The Morgan fingerprint density at radius 3 is 2.00 bits per heavy atom. The number of rotatable bonds is 18. The quantitative estimate of drug-likeness (QED) is 0.128. The Morgan fingerprint density at radius 2 is 1.42 bits per heavy atom. The molecule has 0 aromatic rings. The summed E-state index contributed by atoms with van der Waals surface area (Å²) in [4.78, 5) is 11.7. The van der Waals surface area contributed by atoms with E-state index in [1.165, 1.54) is 19.3 Å². The smallest absolute Gasteiger partial charge is 0.305 e. The molecule has 0 spiro atoms. The number of hydrogen-bond acceptors (Lipinski definition) is 4. The Kier molecular flexibility index (Phi) is 19.1. The van der Waals surface area contributed by atoms with Crippen LogP contribution in [-0.2, 0) is 19.0 Å². The van der Waals surface area contributed by atoms with E-state index in [2.05, 4.69) is 29.8 Å². The highest BCUT2D eigenvalue weighted by molar-refractivity contribution is 9.09. The maximum atomic E-state index is 11.7. The minimum absolute atomic E-state index is 0.101. The van der Waals surface area contributed by atoms with Gasteiger partial charge in [0.1, 0.15) is 0 Å². The Morgan fingerprint density at radius 1 is 0.833 bits per heavy atom. The first-order valence-corrected chi connectivity index (χ1v) is 10.8. The van der Waals surface area contributed by atoms with Gasteiger partial charge in [-0.3, -0.25) is 4.79 Å². The van der Waals surface area contributed by atoms with Crippen LogP contribution in [0.15, 0.2) is 0 Å². The number of esters is 1. The molecule has 0 N–H and O–H groups in total. The molecule has 4 nitrogen and oxygen atoms in total. The maximum absolute atomic E-state index is 11.7. The van der Waals surface area contributed by atoms with E-state index >= 15 is 0 Å². The molecule has 5 heteroatoms. The van der Waals surface area contributed by atoms with Gasteiger partial charge in [-0.2, -0.15) is 0 Å². The summed E-state index contributed by atoms with van der Waals surface area (Å²) in [5.74, 6) is -0.101. The largest absolute Gasteiger partial charge is 0.465 e. The van der Waals surface area contributed by atoms with Gasteiger partial charge in [0, 0.05) is 31.4 Å². The van der Waals surface area contributed by atoms with Gasteiger partial charge in [0.15, 0.2) is 6.29 Å². The lowest BCUT2D eigenvalue weighted by Gasteiger charge is -2.18. The summed E-state index contributed by atoms with van der Waals surface area (Å²) < 4.78 is 16.8. The SMILES string of the molecule is CCCCOC(CCOC(=O)CCCCCCCBr)OCCCC. The van der Waals surface area contributed by atoms with E-state index in [4.69, 9.17) is 14.2 Å². The third kappa shape index (κ3) is 16.7. The summed E-state index contributed by atoms with van der Waals surface area (Å²) in [7, 11) is 0. The van der Waals surface area contributed by atoms with E-state index in [9.17, 15) is 4.79 Å². The summed E-state index contributed by atoms with van der Waals surface area (Å²) in [6.45, 7) is 6.06. The van der Waals surface area contributed by atoms with Crippen LogP contribution in [0.3, 0.4) is 0 Å². The molecule has 0 aliphatic carbocycles. The second-order valence-corrected chi connectivity index (χ2v) is 6.89. The van der Waals surface area contributed by atoms with Crippen molar-refractivity contribution < 1.29 is 19.0 Å². The fourth-order valence-corrected chi connectivity index (χ4v) is 2.56. The van der Waals surface area contributed by atoms with Gasteiger partial charge in [0.2, 0.25) is 0 Å². The topological polar surface area (TPSA) is 44.8 Å². The molecule has 0 aromatic carbocycles. The van der Waals surface area contributed by atoms with Crippen molar-refractivity contribution in [3.8, 4) is 0 Å². The van der Waals surface area contributed by atoms with Crippen molar-refractivity contribution in [3.05, 3.63) is 0 Å². The molecule has 0 aliphatic rings. The zero-order valence-electron chi connectivity index (χ0n) is 15.7. The summed E-state index contributed by atoms with van der Waals surface area (Å²) >= 11 is 3.43. The van der Waals surface area contributed by atoms with Crippen LogP contribution in [0.5, 0.6) is 0 Å². The highest BCUT2D eigenvalue weighted by atomic mass is 79.9. The van der Waals surface area contributed by atoms with Crippen molar-refractivity contribution in [2.45, 2.75) is 90.8 Å². The molecule has 0 radical (unpaired) electrons. The molecule has 144 valence electrons. The van der Waals surface area contributed by atoms with Crippen molar-refractivity contribution in [2.75, 3.05) is 25.2 Å². The van der Waals surface area contributed by atoms with Gasteiger partial charge >= 0.3 is 5.97 Å². The van der Waals surface area contributed by atoms with Crippen LogP contribution in [0.25, 0.3) is 0 Å². The minimum Gasteiger partial charge on any atom is -0.465 e. The number of unbranched alkanes of at least 4 members (excludes halogenated alkanes) is 6. The minimum atomic E-state index is -0.250. The van der Waals surface area contributed by atoms with Crippen LogP contribution in [0.4, 0.5) is 0 Å². The van der Waals surface area contributed by atoms with Crippen molar-refractivity contribution >= 4 is 21.9 Å². The maximum Gasteiger partial charge on any atom is 0.305 e. The number of halogens is 1. The third-order valence-electron chi connectivity index (χ3n) is 3.73. The van der Waals surface area contributed by atoms with Gasteiger partial charge in [-0.1, -0.05) is 61.9 Å². The van der Waals surface area contributed by atoms with E-state index in [1.807, 2.05) is 0 Å².